The minimum atomic E-state index is -0.484. The molecule has 2 N–H and O–H groups in total. The monoisotopic (exact) mass is 405 g/mol. The molecule has 1 amide bonds. The van der Waals surface area contributed by atoms with Crippen molar-refractivity contribution in [2.75, 3.05) is 51.0 Å². The molecule has 2 saturated heterocycles. The van der Waals surface area contributed by atoms with Crippen molar-refractivity contribution in [3.63, 3.8) is 0 Å². The highest BCUT2D eigenvalue weighted by atomic mass is 16.6. The van der Waals surface area contributed by atoms with E-state index in [-0.39, 0.29) is 11.5 Å². The van der Waals surface area contributed by atoms with Gasteiger partial charge in [0.25, 0.3) is 0 Å². The Bertz CT molecular complexity index is 786. The van der Waals surface area contributed by atoms with Gasteiger partial charge in [0, 0.05) is 37.7 Å². The molecule has 29 heavy (non-hydrogen) atoms. The fraction of sp³-hybridized carbons (Fsp3) is 0.619. The highest BCUT2D eigenvalue weighted by Gasteiger charge is 2.48. The summed E-state index contributed by atoms with van der Waals surface area (Å²) in [5.74, 6) is 0.113. The van der Waals surface area contributed by atoms with Crippen LogP contribution in [-0.2, 0) is 9.47 Å². The number of piperidine rings is 1. The Morgan fingerprint density at radius 3 is 2.24 bits per heavy atom. The first-order chi connectivity index (χ1) is 13.6. The van der Waals surface area contributed by atoms with Gasteiger partial charge in [0.15, 0.2) is 0 Å². The maximum Gasteiger partial charge on any atom is 0.410 e. The normalized spacial score (nSPS) is 18.2. The number of esters is 1. The number of nitrogens with zero attached hydrogens (tertiary/aromatic N) is 2. The van der Waals surface area contributed by atoms with Gasteiger partial charge in [-0.2, -0.15) is 0 Å². The molecule has 8 heteroatoms. The fourth-order valence-electron chi connectivity index (χ4n) is 4.05. The fourth-order valence-corrected chi connectivity index (χ4v) is 4.05. The van der Waals surface area contributed by atoms with Gasteiger partial charge in [-0.15, -0.1) is 0 Å². The third-order valence-electron chi connectivity index (χ3n) is 5.62. The molecule has 2 aliphatic rings. The molecule has 0 radical (unpaired) electrons. The molecule has 1 aromatic carbocycles. The predicted octanol–water partition coefficient (Wildman–Crippen LogP) is 2.90. The second kappa shape index (κ2) is 7.65. The molecule has 8 nitrogen and oxygen atoms in total. The molecule has 160 valence electrons. The van der Waals surface area contributed by atoms with E-state index in [9.17, 15) is 9.59 Å². The Hall–Kier alpha value is -2.64. The van der Waals surface area contributed by atoms with Crippen molar-refractivity contribution < 1.29 is 23.8 Å². The zero-order valence-corrected chi connectivity index (χ0v) is 17.9. The quantitative estimate of drug-likeness (QED) is 0.610. The maximum absolute atomic E-state index is 12.3. The van der Waals surface area contributed by atoms with E-state index < -0.39 is 11.6 Å². The number of rotatable bonds is 3. The van der Waals surface area contributed by atoms with Crippen LogP contribution in [0.4, 0.5) is 16.2 Å². The van der Waals surface area contributed by atoms with Crippen LogP contribution in [0.1, 0.15) is 44.0 Å². The van der Waals surface area contributed by atoms with Crippen LogP contribution in [0.15, 0.2) is 12.1 Å². The van der Waals surface area contributed by atoms with Gasteiger partial charge in [0.1, 0.15) is 11.4 Å². The highest BCUT2D eigenvalue weighted by molar-refractivity contribution is 5.97. The molecule has 1 spiro atoms. The summed E-state index contributed by atoms with van der Waals surface area (Å²) in [6.45, 7) is 8.60. The molecule has 0 bridgehead atoms. The van der Waals surface area contributed by atoms with Gasteiger partial charge < -0.3 is 29.7 Å². The SMILES string of the molecule is COC(=O)c1cc(N)c(OC)cc1N1CCC2(CC1)CN(C(=O)OC(C)(C)C)C2. The van der Waals surface area contributed by atoms with E-state index in [2.05, 4.69) is 4.90 Å². The number of amides is 1. The summed E-state index contributed by atoms with van der Waals surface area (Å²) >= 11 is 0. The lowest BCUT2D eigenvalue weighted by molar-refractivity contribution is -0.0434. The summed E-state index contributed by atoms with van der Waals surface area (Å²) in [5, 5.41) is 0. The molecule has 3 rings (SSSR count). The number of methoxy groups -OCH3 is 2. The van der Waals surface area contributed by atoms with Gasteiger partial charge in [-0.3, -0.25) is 0 Å². The van der Waals surface area contributed by atoms with Gasteiger partial charge >= 0.3 is 12.1 Å². The molecule has 2 aliphatic heterocycles. The number of nitrogens with two attached hydrogens (primary N) is 1. The van der Waals surface area contributed by atoms with Gasteiger partial charge in [-0.1, -0.05) is 0 Å². The second-order valence-corrected chi connectivity index (χ2v) is 8.93. The topological polar surface area (TPSA) is 94.3 Å². The first-order valence-electron chi connectivity index (χ1n) is 9.86. The molecule has 1 aromatic rings. The van der Waals surface area contributed by atoms with Crippen LogP contribution in [0, 0.1) is 5.41 Å². The Labute approximate surface area is 171 Å². The van der Waals surface area contributed by atoms with Crippen molar-refractivity contribution in [2.24, 2.45) is 5.41 Å². The highest BCUT2D eigenvalue weighted by Crippen LogP contribution is 2.43. The molecule has 2 heterocycles. The number of benzene rings is 1. The van der Waals surface area contributed by atoms with E-state index in [1.807, 2.05) is 20.8 Å². The van der Waals surface area contributed by atoms with Crippen molar-refractivity contribution in [1.82, 2.24) is 4.90 Å². The number of hydrogen-bond acceptors (Lipinski definition) is 7. The minimum absolute atomic E-state index is 0.122. The van der Waals surface area contributed by atoms with Crippen LogP contribution in [0.25, 0.3) is 0 Å². The van der Waals surface area contributed by atoms with Crippen LogP contribution in [-0.4, -0.2) is 63.0 Å². The van der Waals surface area contributed by atoms with Crippen molar-refractivity contribution in [2.45, 2.75) is 39.2 Å². The lowest BCUT2D eigenvalue weighted by atomic mass is 9.72. The number of nitrogen functional groups attached to an aromatic ring is 1. The van der Waals surface area contributed by atoms with E-state index >= 15 is 0 Å². The Morgan fingerprint density at radius 1 is 1.10 bits per heavy atom. The molecule has 0 saturated carbocycles. The third-order valence-corrected chi connectivity index (χ3v) is 5.62. The molecule has 0 atom stereocenters. The van der Waals surface area contributed by atoms with Crippen LogP contribution < -0.4 is 15.4 Å². The van der Waals surface area contributed by atoms with Crippen LogP contribution in [0.2, 0.25) is 0 Å². The third kappa shape index (κ3) is 4.36. The number of hydrogen-bond donors (Lipinski definition) is 1. The average Bonchev–Trinajstić information content (AvgIpc) is 2.64. The van der Waals surface area contributed by atoms with Crippen molar-refractivity contribution in [1.29, 1.82) is 0 Å². The summed E-state index contributed by atoms with van der Waals surface area (Å²) in [6, 6.07) is 3.41. The number of carbonyl (C=O) groups excluding carboxylic acids is 2. The van der Waals surface area contributed by atoms with Gasteiger partial charge in [0.2, 0.25) is 0 Å². The summed E-state index contributed by atoms with van der Waals surface area (Å²) in [5.41, 5.74) is 7.22. The standard InChI is InChI=1S/C21H31N3O5/c1-20(2,3)29-19(26)24-12-21(13-24)6-8-23(9-7-21)16-11-17(27-4)15(22)10-14(16)18(25)28-5/h10-11H,6-9,12-13,22H2,1-5H3. The Balaban J connectivity index is 1.67. The first kappa shape index (κ1) is 21.1. The van der Waals surface area contributed by atoms with E-state index in [4.69, 9.17) is 19.9 Å². The number of ether oxygens (including phenoxy) is 3. The second-order valence-electron chi connectivity index (χ2n) is 8.93. The van der Waals surface area contributed by atoms with Crippen LogP contribution >= 0.6 is 0 Å². The van der Waals surface area contributed by atoms with Gasteiger partial charge in [-0.05, 0) is 39.7 Å². The maximum atomic E-state index is 12.3. The number of carbonyl (C=O) groups is 2. The molecule has 0 aliphatic carbocycles. The van der Waals surface area contributed by atoms with Crippen LogP contribution in [0.3, 0.4) is 0 Å². The van der Waals surface area contributed by atoms with Crippen LogP contribution in [0.5, 0.6) is 5.75 Å². The average molecular weight is 405 g/mol. The lowest BCUT2D eigenvalue weighted by Gasteiger charge is -2.54. The predicted molar refractivity (Wildman–Crippen MR) is 110 cm³/mol. The van der Waals surface area contributed by atoms with E-state index in [0.29, 0.717) is 30.1 Å². The van der Waals surface area contributed by atoms with Gasteiger partial charge in [-0.25, -0.2) is 9.59 Å². The number of likely N-dealkylation sites (tertiary alicyclic amines) is 1. The summed E-state index contributed by atoms with van der Waals surface area (Å²) < 4.78 is 15.7. The van der Waals surface area contributed by atoms with Gasteiger partial charge in [0.05, 0.1) is 31.2 Å². The Kier molecular flexibility index (Phi) is 5.56. The smallest absolute Gasteiger partial charge is 0.410 e. The van der Waals surface area contributed by atoms with Crippen molar-refractivity contribution in [3.05, 3.63) is 17.7 Å². The summed E-state index contributed by atoms with van der Waals surface area (Å²) in [7, 11) is 2.91. The lowest BCUT2D eigenvalue weighted by Crippen LogP contribution is -2.62. The first-order valence-corrected chi connectivity index (χ1v) is 9.86. The molecule has 2 fully saturated rings. The zero-order chi connectivity index (χ0) is 21.4. The van der Waals surface area contributed by atoms with Crippen molar-refractivity contribution >= 4 is 23.4 Å². The molecular weight excluding hydrogens is 374 g/mol. The molecule has 0 aromatic heterocycles. The number of anilines is 2. The summed E-state index contributed by atoms with van der Waals surface area (Å²) in [6.07, 6.45) is 1.61. The zero-order valence-electron chi connectivity index (χ0n) is 17.9. The van der Waals surface area contributed by atoms with E-state index in [0.717, 1.165) is 31.6 Å². The molecular formula is C21H31N3O5. The summed E-state index contributed by atoms with van der Waals surface area (Å²) in [4.78, 5) is 28.4. The van der Waals surface area contributed by atoms with E-state index in [1.54, 1.807) is 24.1 Å². The van der Waals surface area contributed by atoms with Crippen molar-refractivity contribution in [3.8, 4) is 5.75 Å². The van der Waals surface area contributed by atoms with E-state index in [1.165, 1.54) is 7.11 Å². The minimum Gasteiger partial charge on any atom is -0.495 e. The largest absolute Gasteiger partial charge is 0.495 e. The Morgan fingerprint density at radius 2 is 1.72 bits per heavy atom. The molecule has 0 unspecified atom stereocenters.